The Labute approximate surface area is 128 Å². The van der Waals surface area contributed by atoms with Crippen LogP contribution >= 0.6 is 0 Å². The molecule has 1 unspecified atom stereocenters. The van der Waals surface area contributed by atoms with Crippen LogP contribution in [0.1, 0.15) is 18.1 Å². The van der Waals surface area contributed by atoms with Gasteiger partial charge in [0.2, 0.25) is 0 Å². The normalized spacial score (nSPS) is 11.8. The second-order valence-corrected chi connectivity index (χ2v) is 5.04. The molecule has 5 heteroatoms. The van der Waals surface area contributed by atoms with Gasteiger partial charge in [-0.25, -0.2) is 4.39 Å². The Bertz CT molecular complexity index is 673. The predicted octanol–water partition coefficient (Wildman–Crippen LogP) is 3.03. The van der Waals surface area contributed by atoms with Gasteiger partial charge in [-0.15, -0.1) is 0 Å². The molecular weight excluding hydrogens is 285 g/mol. The van der Waals surface area contributed by atoms with E-state index in [9.17, 15) is 9.18 Å². The Morgan fingerprint density at radius 2 is 2.09 bits per heavy atom. The first kappa shape index (κ1) is 16.0. The molecule has 0 heterocycles. The molecule has 22 heavy (non-hydrogen) atoms. The summed E-state index contributed by atoms with van der Waals surface area (Å²) in [5.74, 6) is -0.460. The fraction of sp³-hybridized carbons (Fsp3) is 0.235. The van der Waals surface area contributed by atoms with Crippen molar-refractivity contribution < 1.29 is 19.0 Å². The first-order chi connectivity index (χ1) is 10.5. The molecule has 2 aromatic rings. The summed E-state index contributed by atoms with van der Waals surface area (Å²) in [6.45, 7) is 3.24. The second kappa shape index (κ2) is 7.04. The number of rotatable bonds is 5. The molecule has 2 N–H and O–H groups in total. The summed E-state index contributed by atoms with van der Waals surface area (Å²) in [4.78, 5) is 12.1. The minimum absolute atomic E-state index is 0.105. The number of aliphatic hydroxyl groups excluding tert-OH is 1. The highest BCUT2D eigenvalue weighted by Gasteiger charge is 2.16. The zero-order valence-corrected chi connectivity index (χ0v) is 12.5. The number of nitrogens with one attached hydrogen (secondary N) is 1. The van der Waals surface area contributed by atoms with E-state index in [-0.39, 0.29) is 12.3 Å². The molecule has 0 saturated heterocycles. The van der Waals surface area contributed by atoms with Crippen molar-refractivity contribution in [3.05, 3.63) is 59.4 Å². The van der Waals surface area contributed by atoms with Crippen molar-refractivity contribution in [2.24, 2.45) is 0 Å². The molecule has 2 aromatic carbocycles. The number of amides is 1. The molecule has 1 atom stereocenters. The van der Waals surface area contributed by atoms with Crippen LogP contribution in [0.2, 0.25) is 0 Å². The first-order valence-electron chi connectivity index (χ1n) is 6.93. The molecule has 0 fully saturated rings. The predicted molar refractivity (Wildman–Crippen MR) is 82.2 cm³/mol. The largest absolute Gasteiger partial charge is 0.481 e. The number of carbonyl (C=O) groups is 1. The van der Waals surface area contributed by atoms with Crippen molar-refractivity contribution in [1.29, 1.82) is 0 Å². The lowest BCUT2D eigenvalue weighted by atomic mass is 10.2. The third-order valence-electron chi connectivity index (χ3n) is 3.15. The van der Waals surface area contributed by atoms with Gasteiger partial charge in [-0.3, -0.25) is 4.79 Å². The maximum absolute atomic E-state index is 13.7. The van der Waals surface area contributed by atoms with Crippen molar-refractivity contribution in [2.75, 3.05) is 5.32 Å². The van der Waals surface area contributed by atoms with Gasteiger partial charge >= 0.3 is 0 Å². The Kier molecular flexibility index (Phi) is 5.12. The van der Waals surface area contributed by atoms with Crippen molar-refractivity contribution in [1.82, 2.24) is 0 Å². The number of halogens is 1. The van der Waals surface area contributed by atoms with Gasteiger partial charge in [0.15, 0.2) is 6.10 Å². The quantitative estimate of drug-likeness (QED) is 0.892. The number of anilines is 1. The molecule has 0 aliphatic rings. The highest BCUT2D eigenvalue weighted by atomic mass is 19.1. The number of carbonyl (C=O) groups excluding carboxylic acids is 1. The summed E-state index contributed by atoms with van der Waals surface area (Å²) in [6, 6.07) is 11.4. The standard InChI is InChI=1S/C17H18FNO3/c1-11-6-7-16(15(18)8-11)19-17(21)12(2)22-14-5-3-4-13(9-14)10-20/h3-9,12,20H,10H2,1-2H3,(H,19,21). The molecule has 0 aliphatic carbocycles. The van der Waals surface area contributed by atoms with E-state index in [0.717, 1.165) is 5.56 Å². The monoisotopic (exact) mass is 303 g/mol. The average molecular weight is 303 g/mol. The van der Waals surface area contributed by atoms with Crippen molar-refractivity contribution >= 4 is 11.6 Å². The van der Waals surface area contributed by atoms with Gasteiger partial charge in [-0.1, -0.05) is 18.2 Å². The van der Waals surface area contributed by atoms with Gasteiger partial charge in [-0.2, -0.15) is 0 Å². The van der Waals surface area contributed by atoms with Crippen LogP contribution in [0.25, 0.3) is 0 Å². The van der Waals surface area contributed by atoms with E-state index in [1.54, 1.807) is 44.2 Å². The zero-order valence-electron chi connectivity index (χ0n) is 12.5. The number of aryl methyl sites for hydroxylation is 1. The lowest BCUT2D eigenvalue weighted by molar-refractivity contribution is -0.122. The molecule has 0 bridgehead atoms. The van der Waals surface area contributed by atoms with Gasteiger partial charge in [0, 0.05) is 0 Å². The van der Waals surface area contributed by atoms with Gasteiger partial charge in [0.1, 0.15) is 11.6 Å². The summed E-state index contributed by atoms with van der Waals surface area (Å²) in [6.07, 6.45) is -0.797. The van der Waals surface area contributed by atoms with E-state index >= 15 is 0 Å². The van der Waals surface area contributed by atoms with Gasteiger partial charge in [0.25, 0.3) is 5.91 Å². The fourth-order valence-corrected chi connectivity index (χ4v) is 1.93. The van der Waals surface area contributed by atoms with Crippen LogP contribution in [0, 0.1) is 12.7 Å². The SMILES string of the molecule is Cc1ccc(NC(=O)C(C)Oc2cccc(CO)c2)c(F)c1. The Morgan fingerprint density at radius 3 is 2.77 bits per heavy atom. The Morgan fingerprint density at radius 1 is 1.32 bits per heavy atom. The van der Waals surface area contributed by atoms with Crippen LogP contribution in [0.15, 0.2) is 42.5 Å². The van der Waals surface area contributed by atoms with Crippen LogP contribution < -0.4 is 10.1 Å². The third kappa shape index (κ3) is 4.05. The number of hydrogen-bond donors (Lipinski definition) is 2. The van der Waals surface area contributed by atoms with E-state index in [2.05, 4.69) is 5.32 Å². The minimum Gasteiger partial charge on any atom is -0.481 e. The smallest absolute Gasteiger partial charge is 0.265 e. The highest BCUT2D eigenvalue weighted by molar-refractivity contribution is 5.94. The molecule has 0 radical (unpaired) electrons. The maximum Gasteiger partial charge on any atom is 0.265 e. The molecule has 1 amide bonds. The van der Waals surface area contributed by atoms with E-state index in [0.29, 0.717) is 11.3 Å². The first-order valence-corrected chi connectivity index (χ1v) is 6.93. The van der Waals surface area contributed by atoms with Crippen LogP contribution in [-0.4, -0.2) is 17.1 Å². The molecule has 0 aliphatic heterocycles. The van der Waals surface area contributed by atoms with E-state index < -0.39 is 17.8 Å². The average Bonchev–Trinajstić information content (AvgIpc) is 2.50. The minimum atomic E-state index is -0.797. The summed E-state index contributed by atoms with van der Waals surface area (Å²) >= 11 is 0. The molecule has 0 spiro atoms. The van der Waals surface area contributed by atoms with E-state index in [1.807, 2.05) is 0 Å². The van der Waals surface area contributed by atoms with Gasteiger partial charge in [-0.05, 0) is 49.2 Å². The summed E-state index contributed by atoms with van der Waals surface area (Å²) in [5, 5.41) is 11.6. The fourth-order valence-electron chi connectivity index (χ4n) is 1.93. The lowest BCUT2D eigenvalue weighted by Gasteiger charge is -2.15. The van der Waals surface area contributed by atoms with Crippen LogP contribution in [0.5, 0.6) is 5.75 Å². The highest BCUT2D eigenvalue weighted by Crippen LogP contribution is 2.18. The van der Waals surface area contributed by atoms with Crippen LogP contribution in [0.3, 0.4) is 0 Å². The summed E-state index contributed by atoms with van der Waals surface area (Å²) in [5.41, 5.74) is 1.59. The zero-order chi connectivity index (χ0) is 16.1. The number of aliphatic hydroxyl groups is 1. The van der Waals surface area contributed by atoms with Gasteiger partial charge in [0.05, 0.1) is 12.3 Å². The van der Waals surface area contributed by atoms with Crippen molar-refractivity contribution in [3.63, 3.8) is 0 Å². The molecule has 2 rings (SSSR count). The molecule has 0 aromatic heterocycles. The number of ether oxygens (including phenoxy) is 1. The number of hydrogen-bond acceptors (Lipinski definition) is 3. The topological polar surface area (TPSA) is 58.6 Å². The molecule has 116 valence electrons. The van der Waals surface area contributed by atoms with Gasteiger partial charge < -0.3 is 15.2 Å². The van der Waals surface area contributed by atoms with E-state index in [4.69, 9.17) is 9.84 Å². The lowest BCUT2D eigenvalue weighted by Crippen LogP contribution is -2.30. The summed E-state index contributed by atoms with van der Waals surface area (Å²) < 4.78 is 19.2. The Balaban J connectivity index is 2.02. The second-order valence-electron chi connectivity index (χ2n) is 5.04. The van der Waals surface area contributed by atoms with Crippen molar-refractivity contribution in [2.45, 2.75) is 26.6 Å². The summed E-state index contributed by atoms with van der Waals surface area (Å²) in [7, 11) is 0. The van der Waals surface area contributed by atoms with Crippen LogP contribution in [0.4, 0.5) is 10.1 Å². The molecule has 0 saturated carbocycles. The Hall–Kier alpha value is -2.40. The third-order valence-corrected chi connectivity index (χ3v) is 3.15. The number of benzene rings is 2. The molecule has 4 nitrogen and oxygen atoms in total. The van der Waals surface area contributed by atoms with E-state index in [1.165, 1.54) is 12.1 Å². The molecular formula is C17H18FNO3. The maximum atomic E-state index is 13.7. The van der Waals surface area contributed by atoms with Crippen LogP contribution in [-0.2, 0) is 11.4 Å². The van der Waals surface area contributed by atoms with Crippen molar-refractivity contribution in [3.8, 4) is 5.75 Å².